The van der Waals surface area contributed by atoms with Crippen molar-refractivity contribution in [2.75, 3.05) is 4.90 Å². The maximum absolute atomic E-state index is 6.92. The van der Waals surface area contributed by atoms with E-state index in [-0.39, 0.29) is 6.71 Å². The van der Waals surface area contributed by atoms with Crippen LogP contribution < -0.4 is 30.8 Å². The Labute approximate surface area is 330 Å². The predicted molar refractivity (Wildman–Crippen MR) is 236 cm³/mol. The smallest absolute Gasteiger partial charge is 0.260 e. The molecule has 0 saturated carbocycles. The summed E-state index contributed by atoms with van der Waals surface area (Å²) in [7, 11) is 0. The van der Waals surface area contributed by atoms with E-state index in [9.17, 15) is 0 Å². The minimum absolute atomic E-state index is 0.0852. The summed E-state index contributed by atoms with van der Waals surface area (Å²) >= 11 is 0. The Morgan fingerprint density at radius 2 is 1.05 bits per heavy atom. The summed E-state index contributed by atoms with van der Waals surface area (Å²) < 4.78 is 16.2. The van der Waals surface area contributed by atoms with E-state index in [2.05, 4.69) is 204 Å². The summed E-state index contributed by atoms with van der Waals surface area (Å²) in [5.41, 5.74) is 12.2. The molecule has 0 saturated heterocycles. The van der Waals surface area contributed by atoms with Gasteiger partial charge in [0, 0.05) is 44.2 Å². The highest BCUT2D eigenvalue weighted by Crippen LogP contribution is 2.47. The molecule has 0 amide bonds. The Morgan fingerprint density at radius 1 is 0.439 bits per heavy atom. The lowest BCUT2D eigenvalue weighted by Crippen LogP contribution is -2.57. The number of hydrogen-bond acceptors (Lipinski definition) is 3. The summed E-state index contributed by atoms with van der Waals surface area (Å²) in [5.74, 6) is 3.43. The van der Waals surface area contributed by atoms with E-state index in [1.54, 1.807) is 0 Å². The molecule has 2 aliphatic heterocycles. The van der Waals surface area contributed by atoms with Gasteiger partial charge in [-0.2, -0.15) is 0 Å². The van der Waals surface area contributed by atoms with Crippen molar-refractivity contribution in [3.05, 3.63) is 200 Å². The van der Waals surface area contributed by atoms with E-state index in [1.165, 1.54) is 16.2 Å². The molecule has 0 radical (unpaired) electrons. The van der Waals surface area contributed by atoms with Crippen molar-refractivity contribution >= 4 is 72.7 Å². The third-order valence-electron chi connectivity index (χ3n) is 11.7. The number of fused-ring (bicyclic) bond motifs is 9. The van der Waals surface area contributed by atoms with E-state index >= 15 is 0 Å². The van der Waals surface area contributed by atoms with Crippen molar-refractivity contribution in [2.45, 2.75) is 0 Å². The first-order valence-electron chi connectivity index (χ1n) is 19.5. The van der Waals surface area contributed by atoms with E-state index in [1.807, 2.05) is 6.07 Å². The van der Waals surface area contributed by atoms with E-state index in [0.29, 0.717) is 0 Å². The van der Waals surface area contributed by atoms with Crippen LogP contribution in [0.2, 0.25) is 0 Å². The number of ether oxygens (including phenoxy) is 2. The summed E-state index contributed by atoms with van der Waals surface area (Å²) in [5, 5.41) is 4.69. The van der Waals surface area contributed by atoms with Crippen LogP contribution in [0.15, 0.2) is 200 Å². The van der Waals surface area contributed by atoms with Gasteiger partial charge < -0.3 is 18.9 Å². The highest BCUT2D eigenvalue weighted by molar-refractivity contribution is 6.98. The van der Waals surface area contributed by atoms with Gasteiger partial charge in [-0.1, -0.05) is 133 Å². The molecule has 0 N–H and O–H groups in total. The second kappa shape index (κ2) is 12.5. The fourth-order valence-electron chi connectivity index (χ4n) is 9.27. The third-order valence-corrected chi connectivity index (χ3v) is 11.7. The normalized spacial score (nSPS) is 12.5. The summed E-state index contributed by atoms with van der Waals surface area (Å²) in [6.07, 6.45) is 0. The molecule has 0 unspecified atom stereocenters. The molecule has 5 heteroatoms. The number of para-hydroxylation sites is 4. The number of nitrogens with zero attached hydrogens (tertiary/aromatic N) is 2. The van der Waals surface area contributed by atoms with Crippen LogP contribution in [0.3, 0.4) is 0 Å². The lowest BCUT2D eigenvalue weighted by Gasteiger charge is -2.33. The zero-order valence-corrected chi connectivity index (χ0v) is 30.8. The van der Waals surface area contributed by atoms with Crippen molar-refractivity contribution < 1.29 is 9.47 Å². The molecule has 10 aromatic rings. The van der Waals surface area contributed by atoms with Gasteiger partial charge in [0.25, 0.3) is 6.71 Å². The van der Waals surface area contributed by atoms with Crippen molar-refractivity contribution in [1.82, 2.24) is 4.57 Å². The van der Waals surface area contributed by atoms with Gasteiger partial charge in [-0.25, -0.2) is 0 Å². The number of hydrogen-bond donors (Lipinski definition) is 0. The van der Waals surface area contributed by atoms with Gasteiger partial charge >= 0.3 is 0 Å². The Hall–Kier alpha value is -7.50. The third kappa shape index (κ3) is 4.82. The SMILES string of the molecule is c1ccc(-c2cccc3c2Oc2cccc4c2B3c2cc3c(cc2O4)c2c4ccccc4c(N(c4ccccc4)c4ccccc4)cc2n3-c2ccccc2)cc1. The number of anilines is 3. The average Bonchev–Trinajstić information content (AvgIpc) is 3.60. The Kier molecular flexibility index (Phi) is 6.99. The van der Waals surface area contributed by atoms with E-state index in [4.69, 9.17) is 9.47 Å². The van der Waals surface area contributed by atoms with Gasteiger partial charge in [-0.05, 0) is 88.6 Å². The molecule has 0 bridgehead atoms. The van der Waals surface area contributed by atoms with Gasteiger partial charge in [0.2, 0.25) is 0 Å². The van der Waals surface area contributed by atoms with Crippen LogP contribution in [-0.2, 0) is 0 Å². The van der Waals surface area contributed by atoms with Gasteiger partial charge in [0.15, 0.2) is 0 Å². The van der Waals surface area contributed by atoms with Gasteiger partial charge in [-0.3, -0.25) is 0 Å². The van der Waals surface area contributed by atoms with Crippen molar-refractivity contribution in [3.63, 3.8) is 0 Å². The Bertz CT molecular complexity index is 3140. The highest BCUT2D eigenvalue weighted by atomic mass is 16.5. The maximum atomic E-state index is 6.92. The van der Waals surface area contributed by atoms with E-state index < -0.39 is 0 Å². The van der Waals surface area contributed by atoms with Crippen LogP contribution in [-0.4, -0.2) is 11.3 Å². The van der Waals surface area contributed by atoms with Gasteiger partial charge in [0.05, 0.1) is 16.7 Å². The standard InChI is InChI=1S/C52H33BN2O2/c1-5-17-34(18-6-1)38-27-15-28-42-52(38)57-48-30-16-29-47-51(48)53(42)43-32-44-41(31-49(43)56-47)50-40-26-14-13-25-39(40)45(33-46(50)55(44)37-23-11-4-12-24-37)54(35-19-7-2-8-20-35)36-21-9-3-10-22-36/h1-33H. The number of benzene rings is 9. The van der Waals surface area contributed by atoms with Crippen molar-refractivity contribution in [2.24, 2.45) is 0 Å². The number of aromatic nitrogens is 1. The molecule has 0 aliphatic carbocycles. The van der Waals surface area contributed by atoms with Crippen molar-refractivity contribution in [3.8, 4) is 39.8 Å². The van der Waals surface area contributed by atoms with Crippen LogP contribution >= 0.6 is 0 Å². The van der Waals surface area contributed by atoms with E-state index in [0.717, 1.165) is 89.7 Å². The van der Waals surface area contributed by atoms with Crippen LogP contribution in [0.1, 0.15) is 0 Å². The summed E-state index contributed by atoms with van der Waals surface area (Å²) in [4.78, 5) is 2.38. The van der Waals surface area contributed by atoms with Crippen LogP contribution in [0, 0.1) is 0 Å². The fourth-order valence-corrected chi connectivity index (χ4v) is 9.27. The molecule has 9 aromatic carbocycles. The molecule has 0 fully saturated rings. The quantitative estimate of drug-likeness (QED) is 0.165. The second-order valence-corrected chi connectivity index (χ2v) is 14.8. The molecule has 0 spiro atoms. The predicted octanol–water partition coefficient (Wildman–Crippen LogP) is 11.8. The minimum atomic E-state index is -0.0852. The van der Waals surface area contributed by atoms with Gasteiger partial charge in [0.1, 0.15) is 23.0 Å². The molecular formula is C52H33BN2O2. The highest BCUT2D eigenvalue weighted by Gasteiger charge is 2.41. The molecular weight excluding hydrogens is 695 g/mol. The Morgan fingerprint density at radius 3 is 1.77 bits per heavy atom. The molecule has 0 atom stereocenters. The summed E-state index contributed by atoms with van der Waals surface area (Å²) in [6, 6.07) is 71.2. The first-order chi connectivity index (χ1) is 28.3. The first-order valence-corrected chi connectivity index (χ1v) is 19.5. The molecule has 3 heterocycles. The topological polar surface area (TPSA) is 26.6 Å². The Balaban J connectivity index is 1.18. The van der Waals surface area contributed by atoms with Crippen LogP contribution in [0.4, 0.5) is 17.1 Å². The largest absolute Gasteiger partial charge is 0.458 e. The van der Waals surface area contributed by atoms with Crippen LogP contribution in [0.25, 0.3) is 49.4 Å². The summed E-state index contributed by atoms with van der Waals surface area (Å²) in [6.45, 7) is -0.0852. The monoisotopic (exact) mass is 728 g/mol. The zero-order chi connectivity index (χ0) is 37.5. The van der Waals surface area contributed by atoms with Gasteiger partial charge in [-0.15, -0.1) is 0 Å². The molecule has 12 rings (SSSR count). The average molecular weight is 729 g/mol. The number of rotatable bonds is 5. The molecule has 4 nitrogen and oxygen atoms in total. The molecule has 266 valence electrons. The van der Waals surface area contributed by atoms with Crippen molar-refractivity contribution in [1.29, 1.82) is 0 Å². The molecule has 57 heavy (non-hydrogen) atoms. The minimum Gasteiger partial charge on any atom is -0.458 e. The lowest BCUT2D eigenvalue weighted by molar-refractivity contribution is 0.465. The molecule has 1 aromatic heterocycles. The first kappa shape index (κ1) is 31.8. The lowest BCUT2D eigenvalue weighted by atomic mass is 9.34. The zero-order valence-electron chi connectivity index (χ0n) is 30.8. The fraction of sp³-hybridized carbons (Fsp3) is 0. The maximum Gasteiger partial charge on any atom is 0.260 e. The molecule has 2 aliphatic rings. The second-order valence-electron chi connectivity index (χ2n) is 14.8. The van der Waals surface area contributed by atoms with Crippen LogP contribution in [0.5, 0.6) is 23.0 Å².